The molecule has 1 N–H and O–H groups in total. The Morgan fingerprint density at radius 3 is 3.04 bits per heavy atom. The average Bonchev–Trinajstić information content (AvgIpc) is 2.63. The zero-order chi connectivity index (χ0) is 17.4. The summed E-state index contributed by atoms with van der Waals surface area (Å²) < 4.78 is 6.99. The average molecular weight is 341 g/mol. The number of carbonyl (C=O) groups is 1. The van der Waals surface area contributed by atoms with Crippen LogP contribution in [0.25, 0.3) is 0 Å². The minimum Gasteiger partial charge on any atom is -0.479 e. The van der Waals surface area contributed by atoms with Crippen molar-refractivity contribution in [3.8, 4) is 5.88 Å². The van der Waals surface area contributed by atoms with Gasteiger partial charge in [0.15, 0.2) is 0 Å². The largest absolute Gasteiger partial charge is 0.479 e. The van der Waals surface area contributed by atoms with E-state index in [4.69, 9.17) is 4.74 Å². The number of rotatable bonds is 2. The molecule has 2 bridgehead atoms. The highest BCUT2D eigenvalue weighted by atomic mass is 16.5. The third-order valence-electron chi connectivity index (χ3n) is 4.88. The Balaban J connectivity index is 1.54. The standard InChI is InChI=1S/C17H19N5O3/c1-25-16-13(6-18-10-19-16)20-17(24)21-7-11-5-12(9-21)14-3-2-4-15(23)22(14)8-11/h2-4,6,10-12H,5,7-9H2,1H3,(H,20,24)/t11-,12+/m0/s1. The molecule has 0 aliphatic carbocycles. The molecule has 4 rings (SSSR count). The van der Waals surface area contributed by atoms with Gasteiger partial charge < -0.3 is 19.5 Å². The summed E-state index contributed by atoms with van der Waals surface area (Å²) in [6.45, 7) is 1.87. The fraction of sp³-hybridized carbons (Fsp3) is 0.412. The van der Waals surface area contributed by atoms with Crippen molar-refractivity contribution in [2.45, 2.75) is 18.9 Å². The van der Waals surface area contributed by atoms with E-state index in [-0.39, 0.29) is 23.4 Å². The van der Waals surface area contributed by atoms with Crippen molar-refractivity contribution in [2.75, 3.05) is 25.5 Å². The number of urea groups is 1. The van der Waals surface area contributed by atoms with Crippen molar-refractivity contribution in [1.29, 1.82) is 0 Å². The number of piperidine rings is 1. The van der Waals surface area contributed by atoms with E-state index in [1.807, 2.05) is 10.6 Å². The molecule has 0 saturated carbocycles. The molecule has 4 heterocycles. The van der Waals surface area contributed by atoms with Crippen LogP contribution in [0.3, 0.4) is 0 Å². The normalized spacial score (nSPS) is 21.4. The summed E-state index contributed by atoms with van der Waals surface area (Å²) in [6, 6.07) is 5.17. The number of aromatic nitrogens is 3. The molecule has 1 fully saturated rings. The Morgan fingerprint density at radius 2 is 2.20 bits per heavy atom. The van der Waals surface area contributed by atoms with Gasteiger partial charge in [-0.3, -0.25) is 4.79 Å². The van der Waals surface area contributed by atoms with E-state index in [1.54, 1.807) is 17.0 Å². The quantitative estimate of drug-likeness (QED) is 0.889. The third-order valence-corrected chi connectivity index (χ3v) is 4.88. The van der Waals surface area contributed by atoms with E-state index >= 15 is 0 Å². The number of likely N-dealkylation sites (tertiary alicyclic amines) is 1. The van der Waals surface area contributed by atoms with Crippen molar-refractivity contribution in [3.05, 3.63) is 46.8 Å². The number of pyridine rings is 1. The maximum Gasteiger partial charge on any atom is 0.322 e. The number of amides is 2. The van der Waals surface area contributed by atoms with Gasteiger partial charge in [0.25, 0.3) is 5.56 Å². The molecule has 2 aromatic rings. The van der Waals surface area contributed by atoms with Crippen molar-refractivity contribution >= 4 is 11.7 Å². The predicted octanol–water partition coefficient (Wildman–Crippen LogP) is 1.30. The van der Waals surface area contributed by atoms with Gasteiger partial charge >= 0.3 is 6.03 Å². The molecule has 2 atom stereocenters. The molecule has 2 aliphatic heterocycles. The fourth-order valence-electron chi connectivity index (χ4n) is 3.82. The monoisotopic (exact) mass is 341 g/mol. The molecule has 8 heteroatoms. The summed E-state index contributed by atoms with van der Waals surface area (Å²) in [7, 11) is 1.50. The molecule has 0 radical (unpaired) electrons. The topological polar surface area (TPSA) is 89.4 Å². The van der Waals surface area contributed by atoms with Crippen LogP contribution in [-0.2, 0) is 6.54 Å². The van der Waals surface area contributed by atoms with Crippen molar-refractivity contribution in [3.63, 3.8) is 0 Å². The Kier molecular flexibility index (Phi) is 3.87. The van der Waals surface area contributed by atoms with Crippen LogP contribution in [0, 0.1) is 5.92 Å². The molecule has 2 amide bonds. The van der Waals surface area contributed by atoms with Crippen molar-refractivity contribution < 1.29 is 9.53 Å². The zero-order valence-electron chi connectivity index (χ0n) is 13.9. The number of anilines is 1. The molecular weight excluding hydrogens is 322 g/mol. The van der Waals surface area contributed by atoms with Crippen LogP contribution in [0.15, 0.2) is 35.5 Å². The molecular formula is C17H19N5O3. The van der Waals surface area contributed by atoms with Crippen LogP contribution in [0.2, 0.25) is 0 Å². The summed E-state index contributed by atoms with van der Waals surface area (Å²) in [5, 5.41) is 2.82. The lowest BCUT2D eigenvalue weighted by atomic mass is 9.83. The van der Waals surface area contributed by atoms with Crippen LogP contribution in [0.5, 0.6) is 5.88 Å². The first-order chi connectivity index (χ1) is 12.2. The predicted molar refractivity (Wildman–Crippen MR) is 90.7 cm³/mol. The maximum atomic E-state index is 12.7. The van der Waals surface area contributed by atoms with Crippen LogP contribution in [-0.4, -0.2) is 45.7 Å². The molecule has 2 aliphatic rings. The highest BCUT2D eigenvalue weighted by Gasteiger charge is 2.36. The first kappa shape index (κ1) is 15.6. The zero-order valence-corrected chi connectivity index (χ0v) is 13.9. The molecule has 8 nitrogen and oxygen atoms in total. The van der Waals surface area contributed by atoms with Crippen molar-refractivity contribution in [1.82, 2.24) is 19.4 Å². The molecule has 130 valence electrons. The molecule has 25 heavy (non-hydrogen) atoms. The first-order valence-electron chi connectivity index (χ1n) is 8.25. The lowest BCUT2D eigenvalue weighted by Crippen LogP contribution is -2.50. The number of ether oxygens (including phenoxy) is 1. The van der Waals surface area contributed by atoms with Crippen LogP contribution in [0.1, 0.15) is 18.0 Å². The van der Waals surface area contributed by atoms with E-state index in [0.29, 0.717) is 31.2 Å². The second kappa shape index (κ2) is 6.19. The summed E-state index contributed by atoms with van der Waals surface area (Å²) in [6.07, 6.45) is 3.89. The van der Waals surface area contributed by atoms with Gasteiger partial charge in [0.1, 0.15) is 12.0 Å². The second-order valence-corrected chi connectivity index (χ2v) is 6.48. The lowest BCUT2D eigenvalue weighted by Gasteiger charge is -2.42. The van der Waals surface area contributed by atoms with Gasteiger partial charge in [-0.1, -0.05) is 6.07 Å². The smallest absolute Gasteiger partial charge is 0.322 e. The number of nitrogens with one attached hydrogen (secondary N) is 1. The number of carbonyl (C=O) groups excluding carboxylic acids is 1. The van der Waals surface area contributed by atoms with Gasteiger partial charge in [0.05, 0.1) is 13.3 Å². The van der Waals surface area contributed by atoms with Gasteiger partial charge in [0, 0.05) is 37.3 Å². The Hall–Kier alpha value is -2.90. The molecule has 0 aromatic carbocycles. The Morgan fingerprint density at radius 1 is 1.32 bits per heavy atom. The summed E-state index contributed by atoms with van der Waals surface area (Å²) in [4.78, 5) is 34.5. The first-order valence-corrected chi connectivity index (χ1v) is 8.25. The van der Waals surface area contributed by atoms with E-state index in [1.165, 1.54) is 19.6 Å². The third kappa shape index (κ3) is 2.84. The fourth-order valence-corrected chi connectivity index (χ4v) is 3.82. The van der Waals surface area contributed by atoms with Gasteiger partial charge in [-0.25, -0.2) is 9.78 Å². The van der Waals surface area contributed by atoms with E-state index < -0.39 is 0 Å². The maximum absolute atomic E-state index is 12.7. The molecule has 0 spiro atoms. The van der Waals surface area contributed by atoms with Crippen molar-refractivity contribution in [2.24, 2.45) is 5.92 Å². The lowest BCUT2D eigenvalue weighted by molar-refractivity contribution is 0.139. The highest BCUT2D eigenvalue weighted by Crippen LogP contribution is 2.35. The number of hydrogen-bond donors (Lipinski definition) is 1. The Labute approximate surface area is 144 Å². The van der Waals surface area contributed by atoms with E-state index in [0.717, 1.165) is 12.1 Å². The second-order valence-electron chi connectivity index (χ2n) is 6.48. The van der Waals surface area contributed by atoms with Gasteiger partial charge in [-0.05, 0) is 18.4 Å². The van der Waals surface area contributed by atoms with E-state index in [9.17, 15) is 9.59 Å². The van der Waals surface area contributed by atoms with Gasteiger partial charge in [-0.2, -0.15) is 4.98 Å². The molecule has 2 aromatic heterocycles. The van der Waals surface area contributed by atoms with Gasteiger partial charge in [-0.15, -0.1) is 0 Å². The SMILES string of the molecule is COc1ncncc1NC(=O)N1C[C@@H]2C[C@H](C1)c1cccc(=O)n1C2. The summed E-state index contributed by atoms with van der Waals surface area (Å²) in [5.41, 5.74) is 1.50. The minimum atomic E-state index is -0.200. The number of hydrogen-bond acceptors (Lipinski definition) is 5. The number of fused-ring (bicyclic) bond motifs is 4. The Bertz CT molecular complexity index is 865. The number of methoxy groups -OCH3 is 1. The van der Waals surface area contributed by atoms with Crippen LogP contribution < -0.4 is 15.6 Å². The molecule has 0 unspecified atom stereocenters. The van der Waals surface area contributed by atoms with Crippen LogP contribution >= 0.6 is 0 Å². The summed E-state index contributed by atoms with van der Waals surface area (Å²) >= 11 is 0. The van der Waals surface area contributed by atoms with Gasteiger partial charge in [0.2, 0.25) is 5.88 Å². The highest BCUT2D eigenvalue weighted by molar-refractivity contribution is 5.90. The number of nitrogens with zero attached hydrogens (tertiary/aromatic N) is 4. The van der Waals surface area contributed by atoms with Crippen LogP contribution in [0.4, 0.5) is 10.5 Å². The van der Waals surface area contributed by atoms with E-state index in [2.05, 4.69) is 15.3 Å². The molecule has 1 saturated heterocycles. The minimum absolute atomic E-state index is 0.0382. The summed E-state index contributed by atoms with van der Waals surface area (Å²) in [5.74, 6) is 0.796.